The first kappa shape index (κ1) is 17.2. The first-order chi connectivity index (χ1) is 14.1. The Morgan fingerprint density at radius 1 is 0.966 bits per heavy atom. The Bertz CT molecular complexity index is 1380. The largest absolute Gasteiger partial charge is 0.321 e. The number of carbonyl (C=O) groups is 1. The molecule has 0 atom stereocenters. The van der Waals surface area contributed by atoms with Gasteiger partial charge >= 0.3 is 0 Å². The lowest BCUT2D eigenvalue weighted by Gasteiger charge is -2.07. The zero-order valence-corrected chi connectivity index (χ0v) is 16.1. The van der Waals surface area contributed by atoms with E-state index in [0.717, 1.165) is 28.1 Å². The van der Waals surface area contributed by atoms with Gasteiger partial charge in [0.25, 0.3) is 5.91 Å². The molecule has 1 aromatic carbocycles. The van der Waals surface area contributed by atoms with Crippen molar-refractivity contribution in [2.45, 2.75) is 13.8 Å². The number of fused-ring (bicyclic) bond motifs is 2. The van der Waals surface area contributed by atoms with E-state index in [9.17, 15) is 4.79 Å². The number of benzene rings is 1. The number of imidazole rings is 2. The molecule has 0 saturated heterocycles. The predicted octanol–water partition coefficient (Wildman–Crippen LogP) is 4.52. The minimum absolute atomic E-state index is 0.191. The fourth-order valence-electron chi connectivity index (χ4n) is 3.63. The highest BCUT2D eigenvalue weighted by atomic mass is 16.2. The number of aromatic nitrogens is 4. The molecule has 4 heterocycles. The van der Waals surface area contributed by atoms with Crippen molar-refractivity contribution >= 4 is 22.9 Å². The number of hydrogen-bond acceptors (Lipinski definition) is 3. The van der Waals surface area contributed by atoms with Crippen molar-refractivity contribution in [3.63, 3.8) is 0 Å². The van der Waals surface area contributed by atoms with Gasteiger partial charge < -0.3 is 9.72 Å². The van der Waals surface area contributed by atoms with Gasteiger partial charge in [0, 0.05) is 29.8 Å². The van der Waals surface area contributed by atoms with Crippen molar-refractivity contribution < 1.29 is 4.79 Å². The molecule has 0 aliphatic carbocycles. The summed E-state index contributed by atoms with van der Waals surface area (Å²) in [7, 11) is 0. The van der Waals surface area contributed by atoms with Gasteiger partial charge in [-0.15, -0.1) is 0 Å². The van der Waals surface area contributed by atoms with Gasteiger partial charge in [0.15, 0.2) is 0 Å². The van der Waals surface area contributed by atoms with Crippen LogP contribution in [0, 0.1) is 13.8 Å². The summed E-state index contributed by atoms with van der Waals surface area (Å²) in [5.41, 5.74) is 6.55. The fraction of sp³-hybridized carbons (Fsp3) is 0.0870. The van der Waals surface area contributed by atoms with Crippen molar-refractivity contribution in [1.82, 2.24) is 18.8 Å². The zero-order valence-electron chi connectivity index (χ0n) is 16.1. The summed E-state index contributed by atoms with van der Waals surface area (Å²) in [6.45, 7) is 3.89. The van der Waals surface area contributed by atoms with Crippen LogP contribution in [-0.4, -0.2) is 24.7 Å². The molecule has 0 bridgehead atoms. The summed E-state index contributed by atoms with van der Waals surface area (Å²) in [6.07, 6.45) is 5.83. The summed E-state index contributed by atoms with van der Waals surface area (Å²) in [5, 5.41) is 3.00. The first-order valence-corrected chi connectivity index (χ1v) is 9.40. The molecule has 0 unspecified atom stereocenters. The highest BCUT2D eigenvalue weighted by Gasteiger charge is 2.17. The monoisotopic (exact) mass is 381 g/mol. The third-order valence-electron chi connectivity index (χ3n) is 5.01. The van der Waals surface area contributed by atoms with E-state index in [2.05, 4.69) is 10.3 Å². The van der Waals surface area contributed by atoms with Gasteiger partial charge in [0.1, 0.15) is 17.0 Å². The molecular weight excluding hydrogens is 362 g/mol. The minimum atomic E-state index is -0.191. The molecule has 5 rings (SSSR count). The van der Waals surface area contributed by atoms with E-state index in [1.54, 1.807) is 4.40 Å². The lowest BCUT2D eigenvalue weighted by molar-refractivity contribution is 0.102. The molecule has 0 aliphatic heterocycles. The number of nitrogens with zero attached hydrogens (tertiary/aromatic N) is 4. The van der Waals surface area contributed by atoms with Crippen LogP contribution >= 0.6 is 0 Å². The van der Waals surface area contributed by atoms with E-state index < -0.39 is 0 Å². The predicted molar refractivity (Wildman–Crippen MR) is 113 cm³/mol. The average molecular weight is 381 g/mol. The average Bonchev–Trinajstić information content (AvgIpc) is 3.29. The quantitative estimate of drug-likeness (QED) is 0.500. The number of carbonyl (C=O) groups excluding carboxylic acids is 1. The van der Waals surface area contributed by atoms with Crippen molar-refractivity contribution in [2.24, 2.45) is 0 Å². The molecule has 1 amide bonds. The third kappa shape index (κ3) is 2.95. The Hall–Kier alpha value is -3.93. The Labute approximate surface area is 167 Å². The van der Waals surface area contributed by atoms with Crippen LogP contribution in [0.15, 0.2) is 73.2 Å². The second-order valence-corrected chi connectivity index (χ2v) is 7.06. The van der Waals surface area contributed by atoms with Crippen molar-refractivity contribution in [2.75, 3.05) is 5.32 Å². The molecule has 0 aliphatic rings. The molecule has 29 heavy (non-hydrogen) atoms. The highest BCUT2D eigenvalue weighted by Crippen LogP contribution is 2.24. The maximum atomic E-state index is 13.0. The SMILES string of the molecule is Cc1nc2ccccn2c1C(=O)Nc1cccc(-c2cn3cccc(C)c3n2)c1. The van der Waals surface area contributed by atoms with Crippen molar-refractivity contribution in [1.29, 1.82) is 0 Å². The summed E-state index contributed by atoms with van der Waals surface area (Å²) >= 11 is 0. The Balaban J connectivity index is 1.48. The molecule has 142 valence electrons. The van der Waals surface area contributed by atoms with Gasteiger partial charge in [0.2, 0.25) is 0 Å². The molecule has 1 N–H and O–H groups in total. The fourth-order valence-corrected chi connectivity index (χ4v) is 3.63. The Kier molecular flexibility index (Phi) is 3.91. The van der Waals surface area contributed by atoms with E-state index in [-0.39, 0.29) is 5.91 Å². The number of amides is 1. The number of rotatable bonds is 3. The van der Waals surface area contributed by atoms with Crippen LogP contribution in [0.2, 0.25) is 0 Å². The number of nitrogens with one attached hydrogen (secondary N) is 1. The van der Waals surface area contributed by atoms with E-state index in [1.807, 2.05) is 91.4 Å². The van der Waals surface area contributed by atoms with Gasteiger partial charge in [-0.3, -0.25) is 9.20 Å². The topological polar surface area (TPSA) is 63.7 Å². The second-order valence-electron chi connectivity index (χ2n) is 7.06. The Morgan fingerprint density at radius 3 is 2.72 bits per heavy atom. The molecule has 0 radical (unpaired) electrons. The van der Waals surface area contributed by atoms with Crippen LogP contribution in [-0.2, 0) is 0 Å². The lowest BCUT2D eigenvalue weighted by atomic mass is 10.1. The smallest absolute Gasteiger partial charge is 0.274 e. The first-order valence-electron chi connectivity index (χ1n) is 9.40. The number of pyridine rings is 2. The van der Waals surface area contributed by atoms with Gasteiger partial charge in [-0.25, -0.2) is 9.97 Å². The molecule has 0 saturated carbocycles. The van der Waals surface area contributed by atoms with Crippen molar-refractivity contribution in [3.8, 4) is 11.3 Å². The van der Waals surface area contributed by atoms with Crippen LogP contribution in [0.1, 0.15) is 21.7 Å². The van der Waals surface area contributed by atoms with Crippen LogP contribution in [0.5, 0.6) is 0 Å². The molecule has 4 aromatic heterocycles. The molecule has 0 fully saturated rings. The van der Waals surface area contributed by atoms with E-state index in [0.29, 0.717) is 17.1 Å². The molecule has 6 heteroatoms. The van der Waals surface area contributed by atoms with Gasteiger partial charge in [0.05, 0.1) is 11.4 Å². The maximum Gasteiger partial charge on any atom is 0.274 e. The minimum Gasteiger partial charge on any atom is -0.321 e. The normalized spacial score (nSPS) is 11.2. The van der Waals surface area contributed by atoms with Crippen molar-refractivity contribution in [3.05, 3.63) is 90.1 Å². The van der Waals surface area contributed by atoms with Crippen LogP contribution in [0.4, 0.5) is 5.69 Å². The van der Waals surface area contributed by atoms with Gasteiger partial charge in [-0.05, 0) is 49.7 Å². The molecule has 6 nitrogen and oxygen atoms in total. The Morgan fingerprint density at radius 2 is 1.86 bits per heavy atom. The standard InChI is InChI=1S/C23H19N5O/c1-15-7-6-11-27-14-19(26-22(15)27)17-8-5-9-18(13-17)25-23(29)21-16(2)24-20-10-3-4-12-28(20)21/h3-14H,1-2H3,(H,25,29). The number of anilines is 1. The van der Waals surface area contributed by atoms with Crippen LogP contribution in [0.3, 0.4) is 0 Å². The number of aryl methyl sites for hydroxylation is 2. The lowest BCUT2D eigenvalue weighted by Crippen LogP contribution is -2.15. The summed E-state index contributed by atoms with van der Waals surface area (Å²) < 4.78 is 3.82. The van der Waals surface area contributed by atoms with Crippen LogP contribution < -0.4 is 5.32 Å². The van der Waals surface area contributed by atoms with E-state index >= 15 is 0 Å². The second kappa shape index (κ2) is 6.60. The third-order valence-corrected chi connectivity index (χ3v) is 5.01. The molecule has 5 aromatic rings. The summed E-state index contributed by atoms with van der Waals surface area (Å²) in [5.74, 6) is -0.191. The van der Waals surface area contributed by atoms with E-state index in [1.165, 1.54) is 0 Å². The highest BCUT2D eigenvalue weighted by molar-refractivity contribution is 6.04. The summed E-state index contributed by atoms with van der Waals surface area (Å²) in [4.78, 5) is 22.2. The summed E-state index contributed by atoms with van der Waals surface area (Å²) in [6, 6.07) is 17.4. The number of hydrogen-bond donors (Lipinski definition) is 1. The zero-order chi connectivity index (χ0) is 20.0. The molecule has 0 spiro atoms. The maximum absolute atomic E-state index is 13.0. The van der Waals surface area contributed by atoms with E-state index in [4.69, 9.17) is 4.98 Å². The van der Waals surface area contributed by atoms with Gasteiger partial charge in [-0.2, -0.15) is 0 Å². The van der Waals surface area contributed by atoms with Gasteiger partial charge in [-0.1, -0.05) is 24.3 Å². The van der Waals surface area contributed by atoms with Crippen LogP contribution in [0.25, 0.3) is 22.6 Å². The molecular formula is C23H19N5O.